The standard InChI is InChI=1S/C11H24N2O/c1-3-13(7-8-14)10-11-5-4-6-12(2)9-11/h11,14H,3-10H2,1-2H3. The maximum absolute atomic E-state index is 8.90. The van der Waals surface area contributed by atoms with Crippen molar-refractivity contribution in [3.05, 3.63) is 0 Å². The van der Waals surface area contributed by atoms with Crippen LogP contribution in [-0.2, 0) is 0 Å². The molecule has 1 aliphatic rings. The van der Waals surface area contributed by atoms with Crippen LogP contribution < -0.4 is 0 Å². The highest BCUT2D eigenvalue weighted by Crippen LogP contribution is 2.15. The van der Waals surface area contributed by atoms with E-state index in [1.165, 1.54) is 25.9 Å². The van der Waals surface area contributed by atoms with Gasteiger partial charge in [0.25, 0.3) is 0 Å². The molecule has 84 valence electrons. The molecular weight excluding hydrogens is 176 g/mol. The summed E-state index contributed by atoms with van der Waals surface area (Å²) in [7, 11) is 2.20. The molecule has 1 N–H and O–H groups in total. The van der Waals surface area contributed by atoms with E-state index in [1.54, 1.807) is 0 Å². The number of aliphatic hydroxyl groups excluding tert-OH is 1. The second kappa shape index (κ2) is 6.38. The summed E-state index contributed by atoms with van der Waals surface area (Å²) in [5.41, 5.74) is 0. The van der Waals surface area contributed by atoms with Crippen molar-refractivity contribution < 1.29 is 5.11 Å². The maximum atomic E-state index is 8.90. The molecule has 1 aliphatic heterocycles. The van der Waals surface area contributed by atoms with E-state index < -0.39 is 0 Å². The number of aliphatic hydroxyl groups is 1. The Labute approximate surface area is 87.7 Å². The first-order valence-corrected chi connectivity index (χ1v) is 5.78. The minimum Gasteiger partial charge on any atom is -0.395 e. The van der Waals surface area contributed by atoms with Crippen molar-refractivity contribution in [1.29, 1.82) is 0 Å². The Balaban J connectivity index is 2.26. The van der Waals surface area contributed by atoms with Crippen LogP contribution in [0.5, 0.6) is 0 Å². The number of piperidine rings is 1. The molecule has 0 saturated carbocycles. The molecule has 1 heterocycles. The average Bonchev–Trinajstić information content (AvgIpc) is 2.17. The van der Waals surface area contributed by atoms with Crippen molar-refractivity contribution in [1.82, 2.24) is 9.80 Å². The van der Waals surface area contributed by atoms with Gasteiger partial charge in [0.15, 0.2) is 0 Å². The fourth-order valence-corrected chi connectivity index (χ4v) is 2.31. The first kappa shape index (κ1) is 12.0. The second-order valence-corrected chi connectivity index (χ2v) is 4.39. The first-order valence-electron chi connectivity index (χ1n) is 5.78. The fraction of sp³-hybridized carbons (Fsp3) is 1.00. The molecule has 1 unspecified atom stereocenters. The number of hydrogen-bond acceptors (Lipinski definition) is 3. The van der Waals surface area contributed by atoms with E-state index >= 15 is 0 Å². The highest BCUT2D eigenvalue weighted by atomic mass is 16.3. The lowest BCUT2D eigenvalue weighted by Crippen LogP contribution is -2.40. The number of rotatable bonds is 5. The predicted octanol–water partition coefficient (Wildman–Crippen LogP) is 0.642. The third-order valence-corrected chi connectivity index (χ3v) is 3.10. The van der Waals surface area contributed by atoms with E-state index in [9.17, 15) is 0 Å². The van der Waals surface area contributed by atoms with Gasteiger partial charge in [-0.1, -0.05) is 6.92 Å². The van der Waals surface area contributed by atoms with E-state index in [1.807, 2.05) is 0 Å². The predicted molar refractivity (Wildman–Crippen MR) is 59.4 cm³/mol. The summed E-state index contributed by atoms with van der Waals surface area (Å²) in [6.45, 7) is 7.97. The van der Waals surface area contributed by atoms with E-state index in [2.05, 4.69) is 23.8 Å². The molecular formula is C11H24N2O. The first-order chi connectivity index (χ1) is 6.76. The lowest BCUT2D eigenvalue weighted by atomic mass is 9.98. The quantitative estimate of drug-likeness (QED) is 0.705. The van der Waals surface area contributed by atoms with Crippen LogP contribution in [0.15, 0.2) is 0 Å². The summed E-state index contributed by atoms with van der Waals surface area (Å²) >= 11 is 0. The summed E-state index contributed by atoms with van der Waals surface area (Å²) in [5.74, 6) is 0.806. The molecule has 1 atom stereocenters. The summed E-state index contributed by atoms with van der Waals surface area (Å²) in [5, 5.41) is 8.90. The topological polar surface area (TPSA) is 26.7 Å². The van der Waals surface area contributed by atoms with Gasteiger partial charge in [0, 0.05) is 19.6 Å². The van der Waals surface area contributed by atoms with Gasteiger partial charge in [-0.15, -0.1) is 0 Å². The number of likely N-dealkylation sites (N-methyl/N-ethyl adjacent to an activating group) is 1. The maximum Gasteiger partial charge on any atom is 0.0558 e. The zero-order chi connectivity index (χ0) is 10.4. The summed E-state index contributed by atoms with van der Waals surface area (Å²) in [6, 6.07) is 0. The van der Waals surface area contributed by atoms with Gasteiger partial charge in [-0.25, -0.2) is 0 Å². The minimum absolute atomic E-state index is 0.288. The number of nitrogens with zero attached hydrogens (tertiary/aromatic N) is 2. The Hall–Kier alpha value is -0.120. The van der Waals surface area contributed by atoms with Crippen molar-refractivity contribution in [2.75, 3.05) is 46.4 Å². The van der Waals surface area contributed by atoms with Crippen molar-refractivity contribution in [3.63, 3.8) is 0 Å². The summed E-state index contributed by atoms with van der Waals surface area (Å²) in [4.78, 5) is 4.77. The fourth-order valence-electron chi connectivity index (χ4n) is 2.31. The van der Waals surface area contributed by atoms with E-state index in [0.717, 1.165) is 25.6 Å². The molecule has 0 aromatic carbocycles. The van der Waals surface area contributed by atoms with E-state index in [0.29, 0.717) is 0 Å². The van der Waals surface area contributed by atoms with Crippen molar-refractivity contribution in [3.8, 4) is 0 Å². The van der Waals surface area contributed by atoms with Crippen LogP contribution >= 0.6 is 0 Å². The molecule has 14 heavy (non-hydrogen) atoms. The third kappa shape index (κ3) is 3.95. The van der Waals surface area contributed by atoms with Crippen LogP contribution in [-0.4, -0.2) is 61.3 Å². The van der Waals surface area contributed by atoms with Crippen LogP contribution in [0.2, 0.25) is 0 Å². The summed E-state index contributed by atoms with van der Waals surface area (Å²) in [6.07, 6.45) is 2.68. The molecule has 3 heteroatoms. The summed E-state index contributed by atoms with van der Waals surface area (Å²) < 4.78 is 0. The largest absolute Gasteiger partial charge is 0.395 e. The van der Waals surface area contributed by atoms with Crippen molar-refractivity contribution in [2.45, 2.75) is 19.8 Å². The van der Waals surface area contributed by atoms with Crippen LogP contribution in [0.1, 0.15) is 19.8 Å². The molecule has 1 saturated heterocycles. The lowest BCUT2D eigenvalue weighted by Gasteiger charge is -2.33. The third-order valence-electron chi connectivity index (χ3n) is 3.10. The zero-order valence-electron chi connectivity index (χ0n) is 9.58. The van der Waals surface area contributed by atoms with E-state index in [-0.39, 0.29) is 6.61 Å². The van der Waals surface area contributed by atoms with Crippen LogP contribution in [0.25, 0.3) is 0 Å². The number of likely N-dealkylation sites (tertiary alicyclic amines) is 1. The monoisotopic (exact) mass is 200 g/mol. The normalized spacial score (nSPS) is 24.4. The SMILES string of the molecule is CCN(CCO)CC1CCCN(C)C1. The highest BCUT2D eigenvalue weighted by Gasteiger charge is 2.18. The molecule has 0 amide bonds. The van der Waals surface area contributed by atoms with Gasteiger partial charge >= 0.3 is 0 Å². The Kier molecular flexibility index (Phi) is 5.45. The van der Waals surface area contributed by atoms with Gasteiger partial charge in [-0.2, -0.15) is 0 Å². The molecule has 0 bridgehead atoms. The Morgan fingerprint density at radius 2 is 2.29 bits per heavy atom. The van der Waals surface area contributed by atoms with Gasteiger partial charge in [0.2, 0.25) is 0 Å². The zero-order valence-corrected chi connectivity index (χ0v) is 9.58. The second-order valence-electron chi connectivity index (χ2n) is 4.39. The molecule has 0 aromatic heterocycles. The van der Waals surface area contributed by atoms with E-state index in [4.69, 9.17) is 5.11 Å². The molecule has 0 spiro atoms. The van der Waals surface area contributed by atoms with Gasteiger partial charge in [-0.3, -0.25) is 0 Å². The Morgan fingerprint density at radius 3 is 2.86 bits per heavy atom. The van der Waals surface area contributed by atoms with Crippen LogP contribution in [0.4, 0.5) is 0 Å². The molecule has 1 fully saturated rings. The average molecular weight is 200 g/mol. The van der Waals surface area contributed by atoms with Crippen LogP contribution in [0, 0.1) is 5.92 Å². The lowest BCUT2D eigenvalue weighted by molar-refractivity contribution is 0.136. The van der Waals surface area contributed by atoms with Crippen molar-refractivity contribution >= 4 is 0 Å². The number of hydrogen-bond donors (Lipinski definition) is 1. The Morgan fingerprint density at radius 1 is 1.50 bits per heavy atom. The van der Waals surface area contributed by atoms with Crippen LogP contribution in [0.3, 0.4) is 0 Å². The molecule has 0 aromatic rings. The highest BCUT2D eigenvalue weighted by molar-refractivity contribution is 4.73. The molecule has 3 nitrogen and oxygen atoms in total. The molecule has 0 aliphatic carbocycles. The van der Waals surface area contributed by atoms with Gasteiger partial charge < -0.3 is 14.9 Å². The van der Waals surface area contributed by atoms with Gasteiger partial charge in [0.1, 0.15) is 0 Å². The molecule has 0 radical (unpaired) electrons. The van der Waals surface area contributed by atoms with Crippen molar-refractivity contribution in [2.24, 2.45) is 5.92 Å². The molecule has 1 rings (SSSR count). The van der Waals surface area contributed by atoms with Gasteiger partial charge in [0.05, 0.1) is 6.61 Å². The van der Waals surface area contributed by atoms with Gasteiger partial charge in [-0.05, 0) is 38.9 Å². The minimum atomic E-state index is 0.288. The Bertz CT molecular complexity index is 152. The smallest absolute Gasteiger partial charge is 0.0558 e.